The molecular formula is C89H144FN23O21S3. The number of thioether (sulfide) groups is 1. The van der Waals surface area contributed by atoms with Crippen LogP contribution in [0.4, 0.5) is 4.39 Å². The Balaban J connectivity index is 1.49. The first-order valence-electron chi connectivity index (χ1n) is 47.4. The Bertz CT molecular complexity index is 4320. The Morgan fingerprint density at radius 2 is 1.11 bits per heavy atom. The normalized spacial score (nSPS) is 24.4. The average Bonchev–Trinajstić information content (AvgIpc) is 1.67. The fraction of sp³-hybridized carbons (Fsp3) is 0.708. The minimum absolute atomic E-state index is 0.0126. The van der Waals surface area contributed by atoms with E-state index < -0.39 is 264 Å². The second kappa shape index (κ2) is 58.9. The van der Waals surface area contributed by atoms with Crippen LogP contribution in [0.5, 0.6) is 0 Å². The number of fused-ring (bicyclic) bond motifs is 1. The zero-order valence-corrected chi connectivity index (χ0v) is 82.0. The molecule has 5 heterocycles. The fourth-order valence-corrected chi connectivity index (χ4v) is 19.6. The number of rotatable bonds is 40. The van der Waals surface area contributed by atoms with E-state index in [9.17, 15) is 72.1 Å². The van der Waals surface area contributed by atoms with E-state index in [1.807, 2.05) is 6.92 Å². The maximum Gasteiger partial charge on any atom is 0.303 e. The minimum atomic E-state index is -1.89. The maximum absolute atomic E-state index is 15.6. The van der Waals surface area contributed by atoms with Gasteiger partial charge in [-0.2, -0.15) is 11.8 Å². The number of unbranched alkanes of at least 4 members (excludes halogenated alkanes) is 3. The largest absolute Gasteiger partial charge is 0.481 e. The zero-order chi connectivity index (χ0) is 101. The van der Waals surface area contributed by atoms with Crippen LogP contribution >= 0.6 is 33.3 Å². The number of carbonyl (C=O) groups excluding carboxylic acids is 18. The molecular weight excluding hydrogens is 1840 g/mol. The highest BCUT2D eigenvalue weighted by Gasteiger charge is 2.47. The second-order valence-corrected chi connectivity index (χ2v) is 39.5. The number of amides is 18. The van der Waals surface area contributed by atoms with Gasteiger partial charge < -0.3 is 127 Å². The average molecular weight is 1990 g/mol. The lowest BCUT2D eigenvalue weighted by Crippen LogP contribution is -2.61. The van der Waals surface area contributed by atoms with Crippen molar-refractivity contribution in [3.05, 3.63) is 35.6 Å². The summed E-state index contributed by atoms with van der Waals surface area (Å²) >= 11 is 1.32. The van der Waals surface area contributed by atoms with E-state index in [2.05, 4.69) is 74.4 Å². The summed E-state index contributed by atoms with van der Waals surface area (Å²) < 4.78 is 14.7. The van der Waals surface area contributed by atoms with Gasteiger partial charge in [0.15, 0.2) is 5.96 Å². The number of primary amides is 1. The number of hydrogen-bond acceptors (Lipinski definition) is 26. The highest BCUT2D eigenvalue weighted by molar-refractivity contribution is 8.76. The smallest absolute Gasteiger partial charge is 0.303 e. The van der Waals surface area contributed by atoms with Crippen molar-refractivity contribution in [3.63, 3.8) is 0 Å². The number of halogens is 1. The van der Waals surface area contributed by atoms with Crippen LogP contribution in [0.1, 0.15) is 208 Å². The first-order chi connectivity index (χ1) is 65.2. The number of nitrogens with two attached hydrogens (primary N) is 4. The van der Waals surface area contributed by atoms with Crippen molar-refractivity contribution in [1.29, 1.82) is 5.41 Å². The Labute approximate surface area is 810 Å². The van der Waals surface area contributed by atoms with Gasteiger partial charge in [0, 0.05) is 64.0 Å². The molecule has 17 atom stereocenters. The van der Waals surface area contributed by atoms with Gasteiger partial charge in [0.1, 0.15) is 109 Å². The van der Waals surface area contributed by atoms with Gasteiger partial charge in [-0.05, 0) is 196 Å². The molecule has 0 spiro atoms. The molecule has 766 valence electrons. The van der Waals surface area contributed by atoms with Crippen LogP contribution in [0.25, 0.3) is 0 Å². The van der Waals surface area contributed by atoms with E-state index in [1.54, 1.807) is 34.0 Å². The predicted octanol–water partition coefficient (Wildman–Crippen LogP) is -3.03. The van der Waals surface area contributed by atoms with Gasteiger partial charge in [0.2, 0.25) is 106 Å². The van der Waals surface area contributed by atoms with Crippen LogP contribution in [0.3, 0.4) is 0 Å². The van der Waals surface area contributed by atoms with Gasteiger partial charge in [-0.3, -0.25) is 96.5 Å². The molecule has 48 heteroatoms. The molecule has 0 radical (unpaired) electrons. The summed E-state index contributed by atoms with van der Waals surface area (Å²) in [6.45, 7) is 10.7. The molecule has 5 aliphatic heterocycles. The van der Waals surface area contributed by atoms with E-state index in [0.29, 0.717) is 38.5 Å². The van der Waals surface area contributed by atoms with Crippen molar-refractivity contribution in [3.8, 4) is 0 Å². The molecule has 5 saturated heterocycles. The van der Waals surface area contributed by atoms with E-state index in [-0.39, 0.29) is 172 Å². The van der Waals surface area contributed by atoms with Crippen molar-refractivity contribution in [2.75, 3.05) is 75.9 Å². The molecule has 18 amide bonds. The van der Waals surface area contributed by atoms with Crippen LogP contribution in [0.15, 0.2) is 24.3 Å². The summed E-state index contributed by atoms with van der Waals surface area (Å²) in [5, 5.41) is 65.6. The lowest BCUT2D eigenvalue weighted by Gasteiger charge is -2.33. The fourth-order valence-electron chi connectivity index (χ4n) is 16.9. The number of likely N-dealkylation sites (tertiary alicyclic amines) is 3. The molecule has 0 aliphatic carbocycles. The molecule has 6 rings (SSSR count). The SMILES string of the molecule is CCCC[C@@H]1NC(=O)[C@H](CCCCN)NC(=O)[C@H](CCCNC(=N)N)NC(=O)[C@H](CC(C)C)NC(=O)C(NC(=O)[C@H](CCSC)NC(=O)[C@@H]2CCCN2C(=O)[C@@H](NC(C)=O)C(C)C)CCSSC[C@@H](C(=O)NC(CCCCN)C(=O)N2CCC[C@H]2C(=O)N2CCC[C@H]2C(=O)N[C@@H](CCC(=O)O)C(N)=O)NC(=O)[C@H](Cc2ccc(F)cc2)NC(=O)[C@H](CO)NC(=O)C(C)NC(=O)[C@@H]2CCCN2C1=O. The van der Waals surface area contributed by atoms with Gasteiger partial charge in [0.05, 0.1) is 6.61 Å². The van der Waals surface area contributed by atoms with Crippen LogP contribution in [-0.4, -0.2) is 327 Å². The second-order valence-electron chi connectivity index (χ2n) is 35.9. The molecule has 137 heavy (non-hydrogen) atoms. The van der Waals surface area contributed by atoms with E-state index >= 15 is 33.6 Å². The lowest BCUT2D eigenvalue weighted by molar-refractivity contribution is -0.148. The summed E-state index contributed by atoms with van der Waals surface area (Å²) in [5.74, 6) is -18.8. The van der Waals surface area contributed by atoms with Crippen molar-refractivity contribution < 1.29 is 106 Å². The van der Waals surface area contributed by atoms with Gasteiger partial charge in [0.25, 0.3) is 0 Å². The molecule has 0 bridgehead atoms. The Morgan fingerprint density at radius 3 is 1.70 bits per heavy atom. The molecule has 5 aliphatic rings. The monoisotopic (exact) mass is 1990 g/mol. The standard InChI is InChI=1S/C89H144FN23O21S3/c1-9-10-20-60-85(131)110-39-16-24-66(110)82(128)97-51(6)73(119)108-64(47-114)80(126)107-63(46-53-28-30-54(90)31-29-53)79(125)109-65(81(127)105-61(22-12-14-37-92)86(132)113-42-19-27-69(113)87(133)111-40-17-25-67(111)83(129)99-55(72(93)118)32-33-70(116)117)48-137-136-44-35-59(102-76(122)58(34-43-135-8)103-84(130)68-26-18-41-112(68)88(134)71(50(4)5)98-52(7)115)77(123)106-62(45-49(2)3)78(124)101-57(23-15-38-96-89(94)95)74(120)100-56(75(121)104-60)21-11-13-36-91/h28-31,49-51,55-69,71,114H,9-27,32-48,91-92H2,1-8H3,(H2,93,118)(H,97,128)(H,98,115)(H,99,129)(H,100,120)(H,101,124)(H,102,122)(H,103,130)(H,104,121)(H,105,127)(H,106,123)(H,107,126)(H,108,119)(H,109,125)(H,116,117)(H4,94,95,96)/t51?,55-,56-,57-,58-,59?,60-,61?,62-,63-,64-,65-,66-,67-,68-,69-,71-/m0/s1. The summed E-state index contributed by atoms with van der Waals surface area (Å²) in [7, 11) is 1.90. The highest BCUT2D eigenvalue weighted by Crippen LogP contribution is 2.30. The number of carboxylic acids is 1. The summed E-state index contributed by atoms with van der Waals surface area (Å²) in [4.78, 5) is 280. The van der Waals surface area contributed by atoms with E-state index in [1.165, 1.54) is 57.3 Å². The number of nitrogens with zero attached hydrogens (tertiary/aromatic N) is 4. The predicted molar refractivity (Wildman–Crippen MR) is 510 cm³/mol. The van der Waals surface area contributed by atoms with Gasteiger partial charge in [-0.15, -0.1) is 0 Å². The molecule has 1 aromatic rings. The number of aliphatic hydroxyl groups is 1. The Kier molecular flexibility index (Phi) is 49.4. The summed E-state index contributed by atoms with van der Waals surface area (Å²) in [6.07, 6.45) is 3.58. The van der Waals surface area contributed by atoms with Crippen LogP contribution in [0.2, 0.25) is 0 Å². The van der Waals surface area contributed by atoms with Crippen molar-refractivity contribution in [2.45, 2.75) is 312 Å². The summed E-state index contributed by atoms with van der Waals surface area (Å²) in [6, 6.07) is -19.5. The van der Waals surface area contributed by atoms with Crippen LogP contribution < -0.4 is 97.4 Å². The number of nitrogens with one attached hydrogen (secondary N) is 15. The molecule has 3 unspecified atom stereocenters. The topological polar surface area (TPSA) is 674 Å². The first-order valence-corrected chi connectivity index (χ1v) is 51.3. The van der Waals surface area contributed by atoms with Crippen molar-refractivity contribution >= 4 is 152 Å². The number of carbonyl (C=O) groups is 19. The van der Waals surface area contributed by atoms with E-state index in [4.69, 9.17) is 28.3 Å². The zero-order valence-electron chi connectivity index (χ0n) is 79.6. The number of aliphatic carboxylic acids is 1. The molecule has 0 saturated carbocycles. The van der Waals surface area contributed by atoms with Crippen molar-refractivity contribution in [1.82, 2.24) is 94.0 Å². The number of carboxylic acid groups (broad SMARTS) is 1. The van der Waals surface area contributed by atoms with Crippen molar-refractivity contribution in [2.24, 2.45) is 34.8 Å². The third-order valence-corrected chi connectivity index (χ3v) is 27.5. The highest BCUT2D eigenvalue weighted by atomic mass is 33.1. The maximum atomic E-state index is 15.6. The third kappa shape index (κ3) is 36.9. The van der Waals surface area contributed by atoms with Crippen LogP contribution in [-0.2, 0) is 97.5 Å². The Hall–Kier alpha value is -10.7. The molecule has 0 aromatic heterocycles. The number of hydrogen-bond donors (Lipinski definition) is 21. The molecule has 44 nitrogen and oxygen atoms in total. The number of benzene rings is 1. The number of guanidine groups is 1. The molecule has 5 fully saturated rings. The third-order valence-electron chi connectivity index (χ3n) is 24.4. The van der Waals surface area contributed by atoms with Gasteiger partial charge in [-0.1, -0.05) is 81.2 Å². The number of aliphatic hydroxyl groups excluding tert-OH is 1. The van der Waals surface area contributed by atoms with Gasteiger partial charge >= 0.3 is 5.97 Å². The lowest BCUT2D eigenvalue weighted by atomic mass is 10.0. The van der Waals surface area contributed by atoms with E-state index in [0.717, 1.165) is 33.7 Å². The first kappa shape index (κ1) is 115. The molecule has 25 N–H and O–H groups in total. The summed E-state index contributed by atoms with van der Waals surface area (Å²) in [5.41, 5.74) is 23.4. The van der Waals surface area contributed by atoms with Crippen LogP contribution in [0, 0.1) is 23.1 Å². The Morgan fingerprint density at radius 1 is 0.569 bits per heavy atom. The minimum Gasteiger partial charge on any atom is -0.481 e. The van der Waals surface area contributed by atoms with Gasteiger partial charge in [-0.25, -0.2) is 4.39 Å². The quantitative estimate of drug-likeness (QED) is 0.0134. The molecule has 1 aromatic carbocycles.